The van der Waals surface area contributed by atoms with E-state index in [4.69, 9.17) is 0 Å². The molecule has 0 aliphatic carbocycles. The average molecular weight is 344 g/mol. The summed E-state index contributed by atoms with van der Waals surface area (Å²) in [6.07, 6.45) is 4.85. The third-order valence-corrected chi connectivity index (χ3v) is 3.22. The van der Waals surface area contributed by atoms with E-state index in [1.54, 1.807) is 24.4 Å². The topological polar surface area (TPSA) is 108 Å². The average Bonchev–Trinajstić information content (AvgIpc) is 3.13. The SMILES string of the molecule is COC(=O)c1cc(/C=C/c2c[nH]c(C(=O)OC)c2)nc(C(=O)OC)c1. The van der Waals surface area contributed by atoms with Crippen LogP contribution in [0.1, 0.15) is 42.6 Å². The summed E-state index contributed by atoms with van der Waals surface area (Å²) in [5.74, 6) is -1.76. The van der Waals surface area contributed by atoms with Crippen LogP contribution in [-0.4, -0.2) is 49.2 Å². The minimum Gasteiger partial charge on any atom is -0.465 e. The molecule has 0 saturated carbocycles. The summed E-state index contributed by atoms with van der Waals surface area (Å²) in [7, 11) is 3.75. The van der Waals surface area contributed by atoms with E-state index in [0.29, 0.717) is 17.0 Å². The van der Waals surface area contributed by atoms with Gasteiger partial charge in [0.15, 0.2) is 0 Å². The molecule has 0 aliphatic heterocycles. The highest BCUT2D eigenvalue weighted by Crippen LogP contribution is 2.13. The van der Waals surface area contributed by atoms with Gasteiger partial charge in [0.05, 0.1) is 32.6 Å². The summed E-state index contributed by atoms with van der Waals surface area (Å²) in [6.45, 7) is 0. The first-order valence-electron chi connectivity index (χ1n) is 7.12. The lowest BCUT2D eigenvalue weighted by molar-refractivity contribution is 0.0582. The van der Waals surface area contributed by atoms with Gasteiger partial charge in [-0.25, -0.2) is 19.4 Å². The summed E-state index contributed by atoms with van der Waals surface area (Å²) in [5, 5.41) is 0. The molecular weight excluding hydrogens is 328 g/mol. The Morgan fingerprint density at radius 3 is 2.24 bits per heavy atom. The Hall–Kier alpha value is -3.42. The molecule has 1 N–H and O–H groups in total. The number of carbonyl (C=O) groups is 3. The van der Waals surface area contributed by atoms with Crippen molar-refractivity contribution in [1.29, 1.82) is 0 Å². The molecule has 2 aromatic rings. The highest BCUT2D eigenvalue weighted by Gasteiger charge is 2.14. The Bertz CT molecular complexity index is 803. The van der Waals surface area contributed by atoms with Crippen LogP contribution in [-0.2, 0) is 14.2 Å². The first kappa shape index (κ1) is 17.9. The van der Waals surface area contributed by atoms with Crippen LogP contribution in [0.2, 0.25) is 0 Å². The minimum absolute atomic E-state index is 0.0191. The molecule has 0 radical (unpaired) electrons. The second-order valence-corrected chi connectivity index (χ2v) is 4.82. The summed E-state index contributed by atoms with van der Waals surface area (Å²) in [6, 6.07) is 4.36. The predicted octanol–water partition coefficient (Wildman–Crippen LogP) is 1.94. The van der Waals surface area contributed by atoms with Crippen molar-refractivity contribution >= 4 is 30.1 Å². The van der Waals surface area contributed by atoms with Gasteiger partial charge >= 0.3 is 17.9 Å². The van der Waals surface area contributed by atoms with Gasteiger partial charge in [-0.1, -0.05) is 6.08 Å². The van der Waals surface area contributed by atoms with Gasteiger partial charge in [-0.15, -0.1) is 0 Å². The number of pyridine rings is 1. The molecule has 0 atom stereocenters. The Morgan fingerprint density at radius 2 is 1.60 bits per heavy atom. The Kier molecular flexibility index (Phi) is 5.67. The van der Waals surface area contributed by atoms with Crippen molar-refractivity contribution in [3.05, 3.63) is 52.6 Å². The molecule has 130 valence electrons. The standard InChI is InChI=1S/C17H16N2O6/c1-23-15(20)11-7-12(19-14(8-11)17(22)25-3)5-4-10-6-13(18-9-10)16(21)24-2/h4-9,18H,1-3H3/b5-4+. The second-order valence-electron chi connectivity index (χ2n) is 4.82. The van der Waals surface area contributed by atoms with Crippen LogP contribution in [0.15, 0.2) is 24.4 Å². The summed E-state index contributed by atoms with van der Waals surface area (Å²) in [5.41, 5.74) is 1.49. The molecule has 0 fully saturated rings. The van der Waals surface area contributed by atoms with Gasteiger partial charge in [0.2, 0.25) is 0 Å². The van der Waals surface area contributed by atoms with E-state index in [2.05, 4.69) is 24.2 Å². The second kappa shape index (κ2) is 7.91. The normalized spacial score (nSPS) is 10.5. The first-order chi connectivity index (χ1) is 12.0. The third-order valence-electron chi connectivity index (χ3n) is 3.22. The van der Waals surface area contributed by atoms with Gasteiger partial charge in [0, 0.05) is 6.20 Å². The Morgan fingerprint density at radius 1 is 0.920 bits per heavy atom. The number of aromatic amines is 1. The van der Waals surface area contributed by atoms with Crippen molar-refractivity contribution in [3.8, 4) is 0 Å². The maximum atomic E-state index is 11.7. The van der Waals surface area contributed by atoms with Crippen LogP contribution in [0, 0.1) is 0 Å². The van der Waals surface area contributed by atoms with E-state index in [0.717, 1.165) is 0 Å². The fourth-order valence-electron chi connectivity index (χ4n) is 2.00. The van der Waals surface area contributed by atoms with E-state index in [9.17, 15) is 14.4 Å². The summed E-state index contributed by atoms with van der Waals surface area (Å²) >= 11 is 0. The maximum absolute atomic E-state index is 11.7. The zero-order valence-corrected chi connectivity index (χ0v) is 13.9. The molecule has 0 unspecified atom stereocenters. The van der Waals surface area contributed by atoms with Gasteiger partial charge in [-0.2, -0.15) is 0 Å². The predicted molar refractivity (Wildman–Crippen MR) is 88.0 cm³/mol. The van der Waals surface area contributed by atoms with E-state index >= 15 is 0 Å². The molecule has 0 saturated heterocycles. The van der Waals surface area contributed by atoms with Crippen molar-refractivity contribution in [2.75, 3.05) is 21.3 Å². The molecule has 2 rings (SSSR count). The molecular formula is C17H16N2O6. The fourth-order valence-corrected chi connectivity index (χ4v) is 2.00. The number of aromatic nitrogens is 2. The molecule has 2 aromatic heterocycles. The fraction of sp³-hybridized carbons (Fsp3) is 0.176. The molecule has 2 heterocycles. The van der Waals surface area contributed by atoms with Crippen LogP contribution in [0.3, 0.4) is 0 Å². The number of nitrogens with one attached hydrogen (secondary N) is 1. The maximum Gasteiger partial charge on any atom is 0.356 e. The minimum atomic E-state index is -0.671. The molecule has 25 heavy (non-hydrogen) atoms. The highest BCUT2D eigenvalue weighted by molar-refractivity contribution is 5.95. The van der Waals surface area contributed by atoms with Crippen LogP contribution in [0.4, 0.5) is 0 Å². The van der Waals surface area contributed by atoms with Crippen LogP contribution in [0.5, 0.6) is 0 Å². The number of hydrogen-bond donors (Lipinski definition) is 1. The van der Waals surface area contributed by atoms with E-state index in [1.807, 2.05) is 0 Å². The monoisotopic (exact) mass is 344 g/mol. The van der Waals surface area contributed by atoms with Crippen molar-refractivity contribution in [1.82, 2.24) is 9.97 Å². The Balaban J connectivity index is 2.34. The number of carbonyl (C=O) groups excluding carboxylic acids is 3. The highest BCUT2D eigenvalue weighted by atomic mass is 16.5. The van der Waals surface area contributed by atoms with Crippen molar-refractivity contribution in [2.45, 2.75) is 0 Å². The molecule has 0 amide bonds. The zero-order valence-electron chi connectivity index (χ0n) is 13.9. The zero-order chi connectivity index (χ0) is 18.4. The number of esters is 3. The van der Waals surface area contributed by atoms with Crippen LogP contribution >= 0.6 is 0 Å². The van der Waals surface area contributed by atoms with Crippen molar-refractivity contribution < 1.29 is 28.6 Å². The first-order valence-corrected chi connectivity index (χ1v) is 7.12. The largest absolute Gasteiger partial charge is 0.465 e. The number of H-pyrrole nitrogens is 1. The van der Waals surface area contributed by atoms with Crippen molar-refractivity contribution in [3.63, 3.8) is 0 Å². The number of nitrogens with zero attached hydrogens (tertiary/aromatic N) is 1. The van der Waals surface area contributed by atoms with E-state index in [1.165, 1.54) is 33.5 Å². The quantitative estimate of drug-likeness (QED) is 0.652. The van der Waals surface area contributed by atoms with Crippen LogP contribution < -0.4 is 0 Å². The number of methoxy groups -OCH3 is 3. The lowest BCUT2D eigenvalue weighted by Gasteiger charge is -2.04. The van der Waals surface area contributed by atoms with Gasteiger partial charge in [-0.05, 0) is 29.8 Å². The molecule has 0 aromatic carbocycles. The number of rotatable bonds is 5. The van der Waals surface area contributed by atoms with E-state index in [-0.39, 0.29) is 11.3 Å². The van der Waals surface area contributed by atoms with E-state index < -0.39 is 17.9 Å². The Labute approximate surface area is 143 Å². The van der Waals surface area contributed by atoms with Crippen LogP contribution in [0.25, 0.3) is 12.2 Å². The number of ether oxygens (including phenoxy) is 3. The number of hydrogen-bond acceptors (Lipinski definition) is 7. The molecule has 0 bridgehead atoms. The molecule has 0 aliphatic rings. The lowest BCUT2D eigenvalue weighted by Crippen LogP contribution is -2.09. The lowest BCUT2D eigenvalue weighted by atomic mass is 10.1. The van der Waals surface area contributed by atoms with Gasteiger partial charge in [-0.3, -0.25) is 0 Å². The van der Waals surface area contributed by atoms with Gasteiger partial charge < -0.3 is 19.2 Å². The van der Waals surface area contributed by atoms with Gasteiger partial charge in [0.25, 0.3) is 0 Å². The molecule has 8 heteroatoms. The van der Waals surface area contributed by atoms with Crippen molar-refractivity contribution in [2.24, 2.45) is 0 Å². The molecule has 0 spiro atoms. The smallest absolute Gasteiger partial charge is 0.356 e. The summed E-state index contributed by atoms with van der Waals surface area (Å²) < 4.78 is 13.9. The summed E-state index contributed by atoms with van der Waals surface area (Å²) in [4.78, 5) is 41.7. The van der Waals surface area contributed by atoms with Gasteiger partial charge in [0.1, 0.15) is 11.4 Å². The molecule has 8 nitrogen and oxygen atoms in total. The third kappa shape index (κ3) is 4.31.